The van der Waals surface area contributed by atoms with E-state index >= 15 is 0 Å². The first-order chi connectivity index (χ1) is 15.3. The van der Waals surface area contributed by atoms with Crippen LogP contribution in [0.3, 0.4) is 0 Å². The number of ether oxygens (including phenoxy) is 1. The summed E-state index contributed by atoms with van der Waals surface area (Å²) in [6, 6.07) is 10.9. The molecule has 1 aromatic heterocycles. The van der Waals surface area contributed by atoms with E-state index < -0.39 is 17.8 Å². The highest BCUT2D eigenvalue weighted by atomic mass is 19.4. The van der Waals surface area contributed by atoms with Gasteiger partial charge in [0.2, 0.25) is 5.88 Å². The third kappa shape index (κ3) is 4.90. The second-order valence-electron chi connectivity index (χ2n) is 7.29. The molecule has 7 nitrogen and oxygen atoms in total. The molecular formula is C22H20F3N5O2. The van der Waals surface area contributed by atoms with Crippen molar-refractivity contribution in [1.82, 2.24) is 9.97 Å². The van der Waals surface area contributed by atoms with Crippen LogP contribution in [-0.2, 0) is 12.6 Å². The quantitative estimate of drug-likeness (QED) is 0.577. The lowest BCUT2D eigenvalue weighted by atomic mass is 10.1. The number of carbonyl (C=O) groups is 1. The second-order valence-corrected chi connectivity index (χ2v) is 7.29. The number of fused-ring (bicyclic) bond motifs is 1. The van der Waals surface area contributed by atoms with E-state index in [2.05, 4.69) is 15.3 Å². The van der Waals surface area contributed by atoms with Gasteiger partial charge in [0, 0.05) is 24.0 Å². The predicted molar refractivity (Wildman–Crippen MR) is 114 cm³/mol. The molecule has 0 radical (unpaired) electrons. The second kappa shape index (κ2) is 8.74. The first kappa shape index (κ1) is 21.4. The molecule has 4 rings (SSSR count). The van der Waals surface area contributed by atoms with Gasteiger partial charge in [-0.15, -0.1) is 0 Å². The molecule has 3 aromatic rings. The number of aromatic nitrogens is 2. The van der Waals surface area contributed by atoms with Crippen LogP contribution in [0.4, 0.5) is 35.2 Å². The van der Waals surface area contributed by atoms with Crippen LogP contribution in [0, 0.1) is 0 Å². The van der Waals surface area contributed by atoms with Crippen molar-refractivity contribution in [2.24, 2.45) is 0 Å². The molecule has 0 unspecified atom stereocenters. The molecule has 0 spiro atoms. The Hall–Kier alpha value is -3.82. The number of nitrogens with zero attached hydrogens (tertiary/aromatic N) is 3. The van der Waals surface area contributed by atoms with Gasteiger partial charge in [-0.2, -0.15) is 13.2 Å². The molecule has 0 atom stereocenters. The van der Waals surface area contributed by atoms with Crippen molar-refractivity contribution in [3.05, 3.63) is 66.0 Å². The number of nitrogens with two attached hydrogens (primary N) is 1. The topological polar surface area (TPSA) is 93.4 Å². The number of hydrogen-bond acceptors (Lipinski definition) is 5. The normalized spacial score (nSPS) is 13.8. The number of halogens is 3. The van der Waals surface area contributed by atoms with Crippen molar-refractivity contribution < 1.29 is 22.7 Å². The minimum absolute atomic E-state index is 0.0805. The summed E-state index contributed by atoms with van der Waals surface area (Å²) in [6.45, 7) is 0.445. The molecule has 32 heavy (non-hydrogen) atoms. The monoisotopic (exact) mass is 443 g/mol. The molecule has 1 aliphatic heterocycles. The average Bonchev–Trinajstić information content (AvgIpc) is 2.95. The van der Waals surface area contributed by atoms with Gasteiger partial charge in [0.1, 0.15) is 17.9 Å². The molecule has 166 valence electrons. The van der Waals surface area contributed by atoms with Crippen molar-refractivity contribution in [2.75, 3.05) is 22.5 Å². The maximum absolute atomic E-state index is 13.0. The van der Waals surface area contributed by atoms with Gasteiger partial charge in [-0.1, -0.05) is 6.07 Å². The van der Waals surface area contributed by atoms with Gasteiger partial charge in [0.05, 0.1) is 5.56 Å². The molecule has 10 heteroatoms. The van der Waals surface area contributed by atoms with Crippen molar-refractivity contribution in [1.29, 1.82) is 0 Å². The third-order valence-corrected chi connectivity index (χ3v) is 4.99. The van der Waals surface area contributed by atoms with Crippen molar-refractivity contribution in [3.8, 4) is 11.6 Å². The molecule has 0 aliphatic carbocycles. The molecular weight excluding hydrogens is 423 g/mol. The number of rotatable bonds is 3. The van der Waals surface area contributed by atoms with Crippen LogP contribution >= 0.6 is 0 Å². The smallest absolute Gasteiger partial charge is 0.416 e. The number of urea groups is 1. The van der Waals surface area contributed by atoms with Crippen molar-refractivity contribution >= 4 is 23.2 Å². The molecule has 1 aliphatic rings. The number of hydrogen-bond donors (Lipinski definition) is 2. The van der Waals surface area contributed by atoms with Gasteiger partial charge in [-0.05, 0) is 61.2 Å². The highest BCUT2D eigenvalue weighted by Crippen LogP contribution is 2.33. The van der Waals surface area contributed by atoms with Crippen LogP contribution in [0.1, 0.15) is 24.0 Å². The van der Waals surface area contributed by atoms with Crippen LogP contribution in [0.25, 0.3) is 0 Å². The molecule has 0 saturated heterocycles. The van der Waals surface area contributed by atoms with Crippen molar-refractivity contribution in [3.63, 3.8) is 0 Å². The lowest BCUT2D eigenvalue weighted by molar-refractivity contribution is -0.137. The van der Waals surface area contributed by atoms with E-state index in [1.165, 1.54) is 29.4 Å². The van der Waals surface area contributed by atoms with E-state index in [0.29, 0.717) is 23.9 Å². The van der Waals surface area contributed by atoms with Gasteiger partial charge >= 0.3 is 12.2 Å². The largest absolute Gasteiger partial charge is 0.439 e. The zero-order valence-electron chi connectivity index (χ0n) is 16.9. The molecule has 0 fully saturated rings. The van der Waals surface area contributed by atoms with Crippen LogP contribution < -0.4 is 20.7 Å². The summed E-state index contributed by atoms with van der Waals surface area (Å²) in [5.41, 5.74) is 6.48. The Labute approximate surface area is 182 Å². The number of anilines is 3. The lowest BCUT2D eigenvalue weighted by Crippen LogP contribution is -2.35. The Balaban J connectivity index is 1.55. The summed E-state index contributed by atoms with van der Waals surface area (Å²) >= 11 is 0. The number of aryl methyl sites for hydroxylation is 1. The molecule has 2 heterocycles. The van der Waals surface area contributed by atoms with E-state index in [1.807, 2.05) is 6.07 Å². The summed E-state index contributed by atoms with van der Waals surface area (Å²) in [4.78, 5) is 22.3. The molecule has 2 amide bonds. The van der Waals surface area contributed by atoms with E-state index in [1.54, 1.807) is 12.1 Å². The van der Waals surface area contributed by atoms with Crippen LogP contribution in [0.5, 0.6) is 11.6 Å². The highest BCUT2D eigenvalue weighted by molar-refractivity contribution is 6.02. The molecule has 0 saturated carbocycles. The Morgan fingerprint density at radius 3 is 2.72 bits per heavy atom. The van der Waals surface area contributed by atoms with Gasteiger partial charge in [0.15, 0.2) is 0 Å². The molecule has 0 bridgehead atoms. The molecule has 2 aromatic carbocycles. The van der Waals surface area contributed by atoms with E-state index in [0.717, 1.165) is 37.0 Å². The van der Waals surface area contributed by atoms with E-state index in [9.17, 15) is 18.0 Å². The molecule has 3 N–H and O–H groups in total. The average molecular weight is 443 g/mol. The Morgan fingerprint density at radius 2 is 1.94 bits per heavy atom. The van der Waals surface area contributed by atoms with E-state index in [-0.39, 0.29) is 11.5 Å². The standard InChI is InChI=1S/C22H20F3N5O2/c23-22(24,25)15-5-3-6-16(11-15)29-21(31)30-9-2-1-4-14-10-17(7-8-18(14)30)32-20-12-19(26)27-13-28-20/h3,5-8,10-13H,1-2,4,9H2,(H,29,31)(H2,26,27,28). The predicted octanol–water partition coefficient (Wildman–Crippen LogP) is 5.24. The van der Waals surface area contributed by atoms with Crippen LogP contribution in [0.15, 0.2) is 54.9 Å². The Kier molecular flexibility index (Phi) is 5.85. The minimum atomic E-state index is -4.49. The summed E-state index contributed by atoms with van der Waals surface area (Å²) in [5, 5.41) is 2.58. The number of alkyl halides is 3. The van der Waals surface area contributed by atoms with Gasteiger partial charge in [-0.25, -0.2) is 14.8 Å². The zero-order valence-corrected chi connectivity index (χ0v) is 16.9. The first-order valence-electron chi connectivity index (χ1n) is 9.94. The highest BCUT2D eigenvalue weighted by Gasteiger charge is 2.31. The Morgan fingerprint density at radius 1 is 1.09 bits per heavy atom. The SMILES string of the molecule is Nc1cc(Oc2ccc3c(c2)CCCCN3C(=O)Nc2cccc(C(F)(F)F)c2)ncn1. The number of nitrogen functional groups attached to an aromatic ring is 1. The van der Waals surface area contributed by atoms with Crippen LogP contribution in [-0.4, -0.2) is 22.5 Å². The Bertz CT molecular complexity index is 1140. The first-order valence-corrected chi connectivity index (χ1v) is 9.94. The third-order valence-electron chi connectivity index (χ3n) is 4.99. The van der Waals surface area contributed by atoms with E-state index in [4.69, 9.17) is 10.5 Å². The van der Waals surface area contributed by atoms with Crippen molar-refractivity contribution in [2.45, 2.75) is 25.4 Å². The number of nitrogens with one attached hydrogen (secondary N) is 1. The maximum atomic E-state index is 13.0. The van der Waals surface area contributed by atoms with Gasteiger partial charge in [-0.3, -0.25) is 4.90 Å². The fraction of sp³-hybridized carbons (Fsp3) is 0.227. The number of amides is 2. The minimum Gasteiger partial charge on any atom is -0.439 e. The maximum Gasteiger partial charge on any atom is 0.416 e. The van der Waals surface area contributed by atoms with Crippen LogP contribution in [0.2, 0.25) is 0 Å². The fourth-order valence-corrected chi connectivity index (χ4v) is 3.50. The zero-order chi connectivity index (χ0) is 22.7. The summed E-state index contributed by atoms with van der Waals surface area (Å²) in [6.07, 6.45) is -0.853. The fourth-order valence-electron chi connectivity index (χ4n) is 3.50. The van der Waals surface area contributed by atoms with Gasteiger partial charge < -0.3 is 15.8 Å². The number of benzene rings is 2. The number of carbonyl (C=O) groups excluding carboxylic acids is 1. The summed E-state index contributed by atoms with van der Waals surface area (Å²) in [5.74, 6) is 1.11. The summed E-state index contributed by atoms with van der Waals surface area (Å²) < 4.78 is 44.7. The summed E-state index contributed by atoms with van der Waals surface area (Å²) in [7, 11) is 0. The van der Waals surface area contributed by atoms with Gasteiger partial charge in [0.25, 0.3) is 0 Å². The lowest BCUT2D eigenvalue weighted by Gasteiger charge is -2.24.